The van der Waals surface area contributed by atoms with Crippen LogP contribution in [0.2, 0.25) is 0 Å². The summed E-state index contributed by atoms with van der Waals surface area (Å²) in [6.45, 7) is 6.59. The summed E-state index contributed by atoms with van der Waals surface area (Å²) in [6, 6.07) is 2.41. The Balaban J connectivity index is 2.56. The van der Waals surface area contributed by atoms with Gasteiger partial charge in [-0.3, -0.25) is 0 Å². The predicted octanol–water partition coefficient (Wildman–Crippen LogP) is 4.26. The Hall–Kier alpha value is 0.140. The average Bonchev–Trinajstić information content (AvgIpc) is 2.43. The van der Waals surface area contributed by atoms with Crippen LogP contribution in [0.25, 0.3) is 0 Å². The van der Waals surface area contributed by atoms with E-state index in [-0.39, 0.29) is 6.04 Å². The highest BCUT2D eigenvalue weighted by atomic mass is 79.9. The van der Waals surface area contributed by atoms with Crippen LogP contribution in [0.15, 0.2) is 9.85 Å². The van der Waals surface area contributed by atoms with E-state index in [0.717, 1.165) is 12.3 Å². The van der Waals surface area contributed by atoms with Crippen molar-refractivity contribution < 1.29 is 0 Å². The van der Waals surface area contributed by atoms with Gasteiger partial charge in [0.15, 0.2) is 0 Å². The second kappa shape index (κ2) is 5.29. The van der Waals surface area contributed by atoms with Gasteiger partial charge < -0.3 is 5.73 Å². The van der Waals surface area contributed by atoms with E-state index < -0.39 is 0 Å². The lowest BCUT2D eigenvalue weighted by Gasteiger charge is -2.10. The van der Waals surface area contributed by atoms with Gasteiger partial charge >= 0.3 is 0 Å². The van der Waals surface area contributed by atoms with E-state index >= 15 is 0 Å². The summed E-state index contributed by atoms with van der Waals surface area (Å²) >= 11 is 5.29. The zero-order chi connectivity index (χ0) is 10.7. The maximum absolute atomic E-state index is 6.12. The van der Waals surface area contributed by atoms with Crippen molar-refractivity contribution >= 4 is 27.3 Å². The quantitative estimate of drug-likeness (QED) is 0.873. The Morgan fingerprint density at radius 1 is 1.43 bits per heavy atom. The summed E-state index contributed by atoms with van der Waals surface area (Å²) in [5.74, 6) is 0.741. The minimum absolute atomic E-state index is 0.215. The number of rotatable bonds is 4. The number of halogens is 1. The van der Waals surface area contributed by atoms with Gasteiger partial charge in [-0.2, -0.15) is 0 Å². The maximum Gasteiger partial charge on any atom is 0.0731 e. The molecule has 0 spiro atoms. The molecular weight excluding hydrogens is 258 g/mol. The normalized spacial score (nSPS) is 13.6. The molecule has 0 fully saturated rings. The second-order valence-corrected chi connectivity index (χ2v) is 6.58. The molecule has 1 rings (SSSR count). The van der Waals surface area contributed by atoms with E-state index in [1.807, 2.05) is 0 Å². The summed E-state index contributed by atoms with van der Waals surface area (Å²) in [6.07, 6.45) is 2.29. The molecule has 80 valence electrons. The Kier molecular flexibility index (Phi) is 4.61. The van der Waals surface area contributed by atoms with Crippen molar-refractivity contribution in [1.29, 1.82) is 0 Å². The second-order valence-electron chi connectivity index (χ2n) is 4.18. The van der Waals surface area contributed by atoms with Crippen molar-refractivity contribution in [2.24, 2.45) is 11.7 Å². The van der Waals surface area contributed by atoms with E-state index in [1.165, 1.54) is 20.6 Å². The van der Waals surface area contributed by atoms with Crippen LogP contribution in [0.4, 0.5) is 0 Å². The highest BCUT2D eigenvalue weighted by Crippen LogP contribution is 2.32. The monoisotopic (exact) mass is 275 g/mol. The van der Waals surface area contributed by atoms with Crippen LogP contribution in [0.1, 0.15) is 43.2 Å². The van der Waals surface area contributed by atoms with E-state index in [0.29, 0.717) is 0 Å². The van der Waals surface area contributed by atoms with E-state index in [4.69, 9.17) is 5.73 Å². The molecule has 1 aromatic rings. The SMILES string of the molecule is Cc1cc([C@H](N)CCC(C)C)sc1Br. The van der Waals surface area contributed by atoms with Crippen LogP contribution in [-0.4, -0.2) is 0 Å². The molecule has 2 N–H and O–H groups in total. The fraction of sp³-hybridized carbons (Fsp3) is 0.636. The van der Waals surface area contributed by atoms with Crippen molar-refractivity contribution in [2.45, 2.75) is 39.7 Å². The first-order valence-electron chi connectivity index (χ1n) is 5.02. The molecule has 3 heteroatoms. The van der Waals surface area contributed by atoms with Crippen LogP contribution in [0.5, 0.6) is 0 Å². The molecule has 0 amide bonds. The van der Waals surface area contributed by atoms with Crippen LogP contribution < -0.4 is 5.73 Å². The molecule has 0 aliphatic carbocycles. The summed E-state index contributed by atoms with van der Waals surface area (Å²) in [5, 5.41) is 0. The van der Waals surface area contributed by atoms with Gasteiger partial charge in [-0.05, 0) is 53.2 Å². The van der Waals surface area contributed by atoms with Gasteiger partial charge in [-0.15, -0.1) is 11.3 Å². The van der Waals surface area contributed by atoms with E-state index in [9.17, 15) is 0 Å². The topological polar surface area (TPSA) is 26.0 Å². The first-order valence-corrected chi connectivity index (χ1v) is 6.63. The third-order valence-electron chi connectivity index (χ3n) is 2.30. The standard InChI is InChI=1S/C11H18BrNS/c1-7(2)4-5-9(13)10-6-8(3)11(12)14-10/h6-7,9H,4-5,13H2,1-3H3/t9-/m1/s1. The van der Waals surface area contributed by atoms with Gasteiger partial charge in [-0.1, -0.05) is 13.8 Å². The van der Waals surface area contributed by atoms with E-state index in [2.05, 4.69) is 42.8 Å². The maximum atomic E-state index is 6.12. The first kappa shape index (κ1) is 12.2. The Labute approximate surface area is 98.8 Å². The van der Waals surface area contributed by atoms with Crippen molar-refractivity contribution in [3.8, 4) is 0 Å². The smallest absolute Gasteiger partial charge is 0.0731 e. The molecule has 0 bridgehead atoms. The van der Waals surface area contributed by atoms with Gasteiger partial charge in [-0.25, -0.2) is 0 Å². The van der Waals surface area contributed by atoms with Crippen molar-refractivity contribution in [3.63, 3.8) is 0 Å². The minimum atomic E-state index is 0.215. The Morgan fingerprint density at radius 3 is 2.50 bits per heavy atom. The fourth-order valence-electron chi connectivity index (χ4n) is 1.32. The zero-order valence-corrected chi connectivity index (χ0v) is 11.4. The van der Waals surface area contributed by atoms with Crippen LogP contribution in [-0.2, 0) is 0 Å². The number of hydrogen-bond donors (Lipinski definition) is 1. The van der Waals surface area contributed by atoms with Crippen molar-refractivity contribution in [3.05, 3.63) is 20.3 Å². The molecule has 1 heterocycles. The molecule has 1 nitrogen and oxygen atoms in total. The van der Waals surface area contributed by atoms with Gasteiger partial charge in [0.25, 0.3) is 0 Å². The molecule has 0 aliphatic rings. The molecule has 0 aliphatic heterocycles. The van der Waals surface area contributed by atoms with Crippen LogP contribution in [0.3, 0.4) is 0 Å². The zero-order valence-electron chi connectivity index (χ0n) is 9.01. The molecule has 1 aromatic heterocycles. The average molecular weight is 276 g/mol. The Bertz CT molecular complexity index is 274. The lowest BCUT2D eigenvalue weighted by molar-refractivity contribution is 0.510. The summed E-state index contributed by atoms with van der Waals surface area (Å²) < 4.78 is 1.22. The molecule has 0 aromatic carbocycles. The largest absolute Gasteiger partial charge is 0.323 e. The lowest BCUT2D eigenvalue weighted by Crippen LogP contribution is -2.09. The third-order valence-corrected chi connectivity index (χ3v) is 4.57. The number of aryl methyl sites for hydroxylation is 1. The van der Waals surface area contributed by atoms with Crippen LogP contribution in [0, 0.1) is 12.8 Å². The molecule has 0 saturated carbocycles. The molecule has 0 saturated heterocycles. The van der Waals surface area contributed by atoms with Gasteiger partial charge in [0, 0.05) is 10.9 Å². The van der Waals surface area contributed by atoms with Crippen molar-refractivity contribution in [2.75, 3.05) is 0 Å². The predicted molar refractivity (Wildman–Crippen MR) is 67.8 cm³/mol. The highest BCUT2D eigenvalue weighted by molar-refractivity contribution is 9.11. The summed E-state index contributed by atoms with van der Waals surface area (Å²) in [7, 11) is 0. The van der Waals surface area contributed by atoms with Gasteiger partial charge in [0.05, 0.1) is 3.79 Å². The molecule has 0 radical (unpaired) electrons. The van der Waals surface area contributed by atoms with Gasteiger partial charge in [0.1, 0.15) is 0 Å². The number of hydrogen-bond acceptors (Lipinski definition) is 2. The lowest BCUT2D eigenvalue weighted by atomic mass is 10.0. The third kappa shape index (κ3) is 3.37. The van der Waals surface area contributed by atoms with Crippen molar-refractivity contribution in [1.82, 2.24) is 0 Å². The fourth-order valence-corrected chi connectivity index (χ4v) is 2.93. The van der Waals surface area contributed by atoms with Gasteiger partial charge in [0.2, 0.25) is 0 Å². The highest BCUT2D eigenvalue weighted by Gasteiger charge is 2.11. The summed E-state index contributed by atoms with van der Waals surface area (Å²) in [5.41, 5.74) is 7.41. The van der Waals surface area contributed by atoms with Crippen LogP contribution >= 0.6 is 27.3 Å². The number of thiophene rings is 1. The van der Waals surface area contributed by atoms with E-state index in [1.54, 1.807) is 11.3 Å². The molecular formula is C11H18BrNS. The Morgan fingerprint density at radius 2 is 2.07 bits per heavy atom. The first-order chi connectivity index (χ1) is 6.50. The minimum Gasteiger partial charge on any atom is -0.323 e. The molecule has 1 atom stereocenters. The number of nitrogens with two attached hydrogens (primary N) is 1. The molecule has 0 unspecified atom stereocenters. The summed E-state index contributed by atoms with van der Waals surface area (Å²) in [4.78, 5) is 1.30. The molecule has 14 heavy (non-hydrogen) atoms.